The molecule has 0 aliphatic carbocycles. The van der Waals surface area contributed by atoms with Gasteiger partial charge in [0.05, 0.1) is 5.69 Å². The highest BCUT2D eigenvalue weighted by Gasteiger charge is 2.14. The van der Waals surface area contributed by atoms with Crippen molar-refractivity contribution in [1.29, 1.82) is 0 Å². The number of amides is 2. The van der Waals surface area contributed by atoms with E-state index in [9.17, 15) is 14.0 Å². The zero-order chi connectivity index (χ0) is 19.4. The lowest BCUT2D eigenvalue weighted by molar-refractivity contribution is 0.102. The van der Waals surface area contributed by atoms with Crippen LogP contribution in [0.15, 0.2) is 60.8 Å². The largest absolute Gasteiger partial charge is 0.322 e. The highest BCUT2D eigenvalue weighted by atomic mass is 35.5. The summed E-state index contributed by atoms with van der Waals surface area (Å²) in [6, 6.07) is 13.8. The second kappa shape index (κ2) is 7.97. The number of pyridine rings is 1. The Morgan fingerprint density at radius 2 is 1.78 bits per heavy atom. The molecule has 2 aromatic carbocycles. The molecule has 0 fully saturated rings. The fourth-order valence-corrected chi connectivity index (χ4v) is 2.50. The number of hydrogen-bond acceptors (Lipinski definition) is 3. The summed E-state index contributed by atoms with van der Waals surface area (Å²) in [4.78, 5) is 28.7. The van der Waals surface area contributed by atoms with Crippen molar-refractivity contribution < 1.29 is 14.0 Å². The maximum atomic E-state index is 13.7. The molecule has 0 unspecified atom stereocenters. The van der Waals surface area contributed by atoms with Crippen molar-refractivity contribution in [2.75, 3.05) is 10.6 Å². The van der Waals surface area contributed by atoms with Crippen molar-refractivity contribution in [1.82, 2.24) is 4.98 Å². The number of aromatic nitrogens is 1. The van der Waals surface area contributed by atoms with Crippen LogP contribution in [0.2, 0.25) is 5.02 Å². The van der Waals surface area contributed by atoms with Gasteiger partial charge < -0.3 is 10.6 Å². The van der Waals surface area contributed by atoms with E-state index in [1.165, 1.54) is 36.5 Å². The summed E-state index contributed by atoms with van der Waals surface area (Å²) in [6.07, 6.45) is 1.34. The summed E-state index contributed by atoms with van der Waals surface area (Å²) in [5.74, 6) is -1.60. The zero-order valence-electron chi connectivity index (χ0n) is 14.3. The maximum absolute atomic E-state index is 13.7. The van der Waals surface area contributed by atoms with Gasteiger partial charge in [-0.1, -0.05) is 29.8 Å². The summed E-state index contributed by atoms with van der Waals surface area (Å²) in [6.45, 7) is 1.86. The second-order valence-electron chi connectivity index (χ2n) is 5.78. The number of nitrogens with one attached hydrogen (secondary N) is 2. The molecular formula is C20H15ClFN3O2. The smallest absolute Gasteiger partial charge is 0.274 e. The van der Waals surface area contributed by atoms with Crippen LogP contribution in [0.1, 0.15) is 26.4 Å². The quantitative estimate of drug-likeness (QED) is 0.686. The van der Waals surface area contributed by atoms with Crippen LogP contribution in [0, 0.1) is 12.7 Å². The van der Waals surface area contributed by atoms with E-state index in [4.69, 9.17) is 11.6 Å². The number of benzene rings is 2. The van der Waals surface area contributed by atoms with Crippen LogP contribution < -0.4 is 10.6 Å². The van der Waals surface area contributed by atoms with Crippen LogP contribution in [0.4, 0.5) is 15.8 Å². The lowest BCUT2D eigenvalue weighted by Gasteiger charge is -2.09. The average molecular weight is 384 g/mol. The third kappa shape index (κ3) is 4.48. The van der Waals surface area contributed by atoms with Gasteiger partial charge in [0, 0.05) is 22.5 Å². The predicted octanol–water partition coefficient (Wildman–Crippen LogP) is 4.69. The van der Waals surface area contributed by atoms with Gasteiger partial charge in [-0.15, -0.1) is 0 Å². The van der Waals surface area contributed by atoms with Crippen LogP contribution >= 0.6 is 11.6 Å². The van der Waals surface area contributed by atoms with Gasteiger partial charge in [0.2, 0.25) is 0 Å². The minimum atomic E-state index is -0.617. The molecule has 0 spiro atoms. The molecule has 7 heteroatoms. The van der Waals surface area contributed by atoms with Gasteiger partial charge in [-0.2, -0.15) is 0 Å². The van der Waals surface area contributed by atoms with Crippen molar-refractivity contribution in [3.8, 4) is 0 Å². The number of para-hydroxylation sites is 1. The first-order chi connectivity index (χ1) is 12.9. The standard InChI is InChI=1S/C20H15ClFN3O2/c1-12-6-7-14(11-15(12)21)24-19(26)13-8-9-23-18(10-13)20(27)25-17-5-3-2-4-16(17)22/h2-11H,1H3,(H,24,26)(H,25,27). The van der Waals surface area contributed by atoms with Gasteiger partial charge in [0.15, 0.2) is 0 Å². The molecule has 0 saturated heterocycles. The molecule has 0 radical (unpaired) electrons. The van der Waals surface area contributed by atoms with Crippen molar-refractivity contribution >= 4 is 34.8 Å². The molecule has 136 valence electrons. The number of rotatable bonds is 4. The molecule has 1 heterocycles. The lowest BCUT2D eigenvalue weighted by Crippen LogP contribution is -2.17. The third-order valence-corrected chi connectivity index (χ3v) is 4.21. The first-order valence-electron chi connectivity index (χ1n) is 8.03. The Labute approximate surface area is 160 Å². The Hall–Kier alpha value is -3.25. The van der Waals surface area contributed by atoms with Crippen LogP contribution in [-0.4, -0.2) is 16.8 Å². The Bertz CT molecular complexity index is 1020. The molecule has 2 amide bonds. The highest BCUT2D eigenvalue weighted by molar-refractivity contribution is 6.31. The van der Waals surface area contributed by atoms with Crippen LogP contribution in [0.5, 0.6) is 0 Å². The number of halogens is 2. The number of aryl methyl sites for hydroxylation is 1. The number of nitrogens with zero attached hydrogens (tertiary/aromatic N) is 1. The van der Waals surface area contributed by atoms with Crippen molar-refractivity contribution in [2.45, 2.75) is 6.92 Å². The van der Waals surface area contributed by atoms with E-state index in [1.807, 2.05) is 6.92 Å². The number of anilines is 2. The highest BCUT2D eigenvalue weighted by Crippen LogP contribution is 2.20. The first kappa shape index (κ1) is 18.5. The molecule has 0 atom stereocenters. The van der Waals surface area contributed by atoms with E-state index in [-0.39, 0.29) is 16.9 Å². The van der Waals surface area contributed by atoms with E-state index >= 15 is 0 Å². The van der Waals surface area contributed by atoms with E-state index in [2.05, 4.69) is 15.6 Å². The molecule has 27 heavy (non-hydrogen) atoms. The minimum absolute atomic E-state index is 0.00663. The van der Waals surface area contributed by atoms with Gasteiger partial charge in [0.25, 0.3) is 11.8 Å². The van der Waals surface area contributed by atoms with Crippen LogP contribution in [0.25, 0.3) is 0 Å². The van der Waals surface area contributed by atoms with Gasteiger partial charge in [-0.3, -0.25) is 14.6 Å². The van der Waals surface area contributed by atoms with Crippen LogP contribution in [-0.2, 0) is 0 Å². The molecule has 2 N–H and O–H groups in total. The first-order valence-corrected chi connectivity index (χ1v) is 8.41. The normalized spacial score (nSPS) is 10.3. The topological polar surface area (TPSA) is 71.1 Å². The summed E-state index contributed by atoms with van der Waals surface area (Å²) < 4.78 is 13.7. The molecule has 0 saturated carbocycles. The van der Waals surface area contributed by atoms with Gasteiger partial charge in [-0.25, -0.2) is 4.39 Å². The Morgan fingerprint density at radius 3 is 2.52 bits per heavy atom. The molecule has 0 aliphatic rings. The summed E-state index contributed by atoms with van der Waals surface area (Å²) >= 11 is 6.06. The Balaban J connectivity index is 1.76. The number of hydrogen-bond donors (Lipinski definition) is 2. The molecular weight excluding hydrogens is 369 g/mol. The fourth-order valence-electron chi connectivity index (χ4n) is 2.32. The van der Waals surface area contributed by atoms with Gasteiger partial charge in [0.1, 0.15) is 11.5 Å². The lowest BCUT2D eigenvalue weighted by atomic mass is 10.2. The SMILES string of the molecule is Cc1ccc(NC(=O)c2ccnc(C(=O)Nc3ccccc3F)c2)cc1Cl. The minimum Gasteiger partial charge on any atom is -0.322 e. The maximum Gasteiger partial charge on any atom is 0.274 e. The van der Waals surface area contributed by atoms with Crippen LogP contribution in [0.3, 0.4) is 0 Å². The molecule has 1 aromatic heterocycles. The zero-order valence-corrected chi connectivity index (χ0v) is 15.0. The van der Waals surface area contributed by atoms with Crippen molar-refractivity contribution in [3.63, 3.8) is 0 Å². The molecule has 5 nitrogen and oxygen atoms in total. The van der Waals surface area contributed by atoms with E-state index < -0.39 is 17.6 Å². The monoisotopic (exact) mass is 383 g/mol. The van der Waals surface area contributed by atoms with Gasteiger partial charge in [-0.05, 0) is 48.9 Å². The van der Waals surface area contributed by atoms with Gasteiger partial charge >= 0.3 is 0 Å². The predicted molar refractivity (Wildman–Crippen MR) is 103 cm³/mol. The van der Waals surface area contributed by atoms with Crippen molar-refractivity contribution in [3.05, 3.63) is 88.5 Å². The Kier molecular flexibility index (Phi) is 5.47. The second-order valence-corrected chi connectivity index (χ2v) is 6.19. The van der Waals surface area contributed by atoms with E-state index in [0.29, 0.717) is 10.7 Å². The van der Waals surface area contributed by atoms with Crippen molar-refractivity contribution in [2.24, 2.45) is 0 Å². The number of carbonyl (C=O) groups is 2. The number of carbonyl (C=O) groups excluding carboxylic acids is 2. The summed E-state index contributed by atoms with van der Waals surface area (Å²) in [5.41, 5.74) is 1.69. The van der Waals surface area contributed by atoms with E-state index in [1.54, 1.807) is 24.3 Å². The summed E-state index contributed by atoms with van der Waals surface area (Å²) in [5, 5.41) is 5.67. The molecule has 3 aromatic rings. The molecule has 0 bridgehead atoms. The summed E-state index contributed by atoms with van der Waals surface area (Å²) in [7, 11) is 0. The average Bonchev–Trinajstić information content (AvgIpc) is 2.66. The Morgan fingerprint density at radius 1 is 1.00 bits per heavy atom. The molecule has 3 rings (SSSR count). The molecule has 0 aliphatic heterocycles. The third-order valence-electron chi connectivity index (χ3n) is 3.81. The fraction of sp³-hybridized carbons (Fsp3) is 0.0500. The van der Waals surface area contributed by atoms with E-state index in [0.717, 1.165) is 5.56 Å².